The average molecular weight is 383 g/mol. The Balaban J connectivity index is 0.00000242. The van der Waals surface area contributed by atoms with Crippen molar-refractivity contribution in [2.75, 3.05) is 26.2 Å². The number of amides is 1. The van der Waals surface area contributed by atoms with Gasteiger partial charge in [0, 0.05) is 25.0 Å². The molecule has 0 radical (unpaired) electrons. The van der Waals surface area contributed by atoms with E-state index in [-0.39, 0.29) is 30.7 Å². The molecule has 1 aromatic heterocycles. The zero-order valence-electron chi connectivity index (χ0n) is 13.6. The third-order valence-corrected chi connectivity index (χ3v) is 4.76. The predicted octanol–water partition coefficient (Wildman–Crippen LogP) is 2.69. The summed E-state index contributed by atoms with van der Waals surface area (Å²) in [6, 6.07) is 0. The Morgan fingerprint density at radius 1 is 1.48 bits per heavy atom. The van der Waals surface area contributed by atoms with Crippen molar-refractivity contribution in [3.05, 3.63) is 16.1 Å². The lowest BCUT2D eigenvalue weighted by atomic mass is 10.0. The van der Waals surface area contributed by atoms with Gasteiger partial charge in [-0.2, -0.15) is 0 Å². The van der Waals surface area contributed by atoms with Gasteiger partial charge in [-0.25, -0.2) is 4.98 Å². The first kappa shape index (κ1) is 22.6. The molecular weight excluding hydrogens is 355 g/mol. The largest absolute Gasteiger partial charge is 0.351 e. The minimum absolute atomic E-state index is 0. The summed E-state index contributed by atoms with van der Waals surface area (Å²) in [6.45, 7) is 7.05. The lowest BCUT2D eigenvalue weighted by Crippen LogP contribution is -2.35. The summed E-state index contributed by atoms with van der Waals surface area (Å²) in [4.78, 5) is 18.6. The third kappa shape index (κ3) is 7.81. The van der Waals surface area contributed by atoms with Gasteiger partial charge < -0.3 is 16.0 Å². The molecule has 1 unspecified atom stereocenters. The van der Waals surface area contributed by atoms with Crippen molar-refractivity contribution in [3.63, 3.8) is 0 Å². The SMILES string of the molecule is CC1CCCN(CCCCNC(=O)c2csc(CN)n2)C1.Cl.Cl. The molecule has 1 aromatic rings. The first-order valence-electron chi connectivity index (χ1n) is 7.84. The van der Waals surface area contributed by atoms with E-state index in [4.69, 9.17) is 5.73 Å². The van der Waals surface area contributed by atoms with E-state index in [0.717, 1.165) is 36.9 Å². The number of unbranched alkanes of at least 4 members (excludes halogenated alkanes) is 1. The van der Waals surface area contributed by atoms with Crippen molar-refractivity contribution < 1.29 is 4.79 Å². The van der Waals surface area contributed by atoms with Crippen LogP contribution in [0.2, 0.25) is 0 Å². The van der Waals surface area contributed by atoms with E-state index in [2.05, 4.69) is 22.1 Å². The van der Waals surface area contributed by atoms with E-state index in [0.29, 0.717) is 12.2 Å². The highest BCUT2D eigenvalue weighted by Gasteiger charge is 2.15. The molecule has 0 aromatic carbocycles. The van der Waals surface area contributed by atoms with Crippen LogP contribution in [0.25, 0.3) is 0 Å². The van der Waals surface area contributed by atoms with Crippen LogP contribution in [0.3, 0.4) is 0 Å². The van der Waals surface area contributed by atoms with Crippen molar-refractivity contribution in [2.24, 2.45) is 11.7 Å². The van der Waals surface area contributed by atoms with E-state index >= 15 is 0 Å². The summed E-state index contributed by atoms with van der Waals surface area (Å²) in [6.07, 6.45) is 4.85. The van der Waals surface area contributed by atoms with Crippen LogP contribution in [0.4, 0.5) is 0 Å². The lowest BCUT2D eigenvalue weighted by molar-refractivity contribution is 0.0947. The fourth-order valence-corrected chi connectivity index (χ4v) is 3.41. The number of piperidine rings is 1. The molecule has 5 nitrogen and oxygen atoms in total. The van der Waals surface area contributed by atoms with E-state index < -0.39 is 0 Å². The third-order valence-electron chi connectivity index (χ3n) is 3.89. The Bertz CT molecular complexity index is 458. The molecule has 1 fully saturated rings. The molecule has 3 N–H and O–H groups in total. The highest BCUT2D eigenvalue weighted by molar-refractivity contribution is 7.09. The fourth-order valence-electron chi connectivity index (χ4n) is 2.75. The maximum Gasteiger partial charge on any atom is 0.270 e. The number of likely N-dealkylation sites (tertiary alicyclic amines) is 1. The number of hydrogen-bond acceptors (Lipinski definition) is 5. The first-order chi connectivity index (χ1) is 10.2. The number of rotatable bonds is 7. The van der Waals surface area contributed by atoms with Gasteiger partial charge in [-0.1, -0.05) is 6.92 Å². The molecule has 1 saturated heterocycles. The Labute approximate surface area is 155 Å². The normalized spacial score (nSPS) is 17.9. The molecule has 0 bridgehead atoms. The van der Waals surface area contributed by atoms with Crippen LogP contribution in [-0.4, -0.2) is 42.0 Å². The molecule has 0 spiro atoms. The molecule has 23 heavy (non-hydrogen) atoms. The summed E-state index contributed by atoms with van der Waals surface area (Å²) in [5, 5.41) is 5.50. The maximum atomic E-state index is 11.9. The van der Waals surface area contributed by atoms with Gasteiger partial charge in [0.25, 0.3) is 5.91 Å². The second-order valence-corrected chi connectivity index (χ2v) is 6.78. The van der Waals surface area contributed by atoms with Gasteiger partial charge >= 0.3 is 0 Å². The fraction of sp³-hybridized carbons (Fsp3) is 0.733. The number of aromatic nitrogens is 1. The van der Waals surface area contributed by atoms with Crippen molar-refractivity contribution in [2.45, 2.75) is 39.2 Å². The minimum atomic E-state index is -0.0856. The van der Waals surface area contributed by atoms with E-state index in [1.54, 1.807) is 5.38 Å². The minimum Gasteiger partial charge on any atom is -0.351 e. The standard InChI is InChI=1S/C15H26N4OS.2ClH/c1-12-5-4-8-19(10-12)7-3-2-6-17-15(20)13-11-21-14(9-16)18-13;;/h11-12H,2-10,16H2,1H3,(H,17,20);2*1H. The van der Waals surface area contributed by atoms with Gasteiger partial charge in [0.2, 0.25) is 0 Å². The molecule has 0 saturated carbocycles. The smallest absolute Gasteiger partial charge is 0.270 e. The second-order valence-electron chi connectivity index (χ2n) is 5.84. The van der Waals surface area contributed by atoms with Crippen molar-refractivity contribution in [1.82, 2.24) is 15.2 Å². The molecule has 2 heterocycles. The second kappa shape index (κ2) is 12.0. The number of nitrogens with two attached hydrogens (primary N) is 1. The van der Waals surface area contributed by atoms with E-state index in [1.807, 2.05) is 0 Å². The van der Waals surface area contributed by atoms with E-state index in [9.17, 15) is 4.79 Å². The molecule has 8 heteroatoms. The number of nitrogens with one attached hydrogen (secondary N) is 1. The molecule has 1 aliphatic heterocycles. The molecule has 0 aliphatic carbocycles. The molecular formula is C15H28Cl2N4OS. The average Bonchev–Trinajstić information content (AvgIpc) is 2.96. The van der Waals surface area contributed by atoms with E-state index in [1.165, 1.54) is 37.3 Å². The number of carbonyl (C=O) groups is 1. The van der Waals surface area contributed by atoms with Gasteiger partial charge in [-0.15, -0.1) is 36.2 Å². The van der Waals surface area contributed by atoms with Gasteiger partial charge in [0.1, 0.15) is 10.7 Å². The summed E-state index contributed by atoms with van der Waals surface area (Å²) in [5.41, 5.74) is 5.99. The Morgan fingerprint density at radius 3 is 2.91 bits per heavy atom. The van der Waals surface area contributed by atoms with Crippen LogP contribution < -0.4 is 11.1 Å². The zero-order chi connectivity index (χ0) is 15.1. The van der Waals surface area contributed by atoms with Crippen LogP contribution in [0.15, 0.2) is 5.38 Å². The number of carbonyl (C=O) groups excluding carboxylic acids is 1. The van der Waals surface area contributed by atoms with Crippen LogP contribution in [-0.2, 0) is 6.54 Å². The number of hydrogen-bond donors (Lipinski definition) is 2. The van der Waals surface area contributed by atoms with Crippen molar-refractivity contribution >= 4 is 42.1 Å². The van der Waals surface area contributed by atoms with Crippen molar-refractivity contribution in [1.29, 1.82) is 0 Å². The zero-order valence-corrected chi connectivity index (χ0v) is 16.1. The summed E-state index contributed by atoms with van der Waals surface area (Å²) in [7, 11) is 0. The van der Waals surface area contributed by atoms with Crippen LogP contribution in [0.5, 0.6) is 0 Å². The topological polar surface area (TPSA) is 71.2 Å². The number of thiazole rings is 1. The van der Waals surface area contributed by atoms with Gasteiger partial charge in [-0.3, -0.25) is 4.79 Å². The molecule has 134 valence electrons. The summed E-state index contributed by atoms with van der Waals surface area (Å²) < 4.78 is 0. The maximum absolute atomic E-state index is 11.9. The first-order valence-corrected chi connectivity index (χ1v) is 8.72. The number of nitrogens with zero attached hydrogens (tertiary/aromatic N) is 2. The monoisotopic (exact) mass is 382 g/mol. The lowest BCUT2D eigenvalue weighted by Gasteiger charge is -2.30. The van der Waals surface area contributed by atoms with Crippen molar-refractivity contribution in [3.8, 4) is 0 Å². The highest BCUT2D eigenvalue weighted by atomic mass is 35.5. The molecule has 1 atom stereocenters. The molecule has 2 rings (SSSR count). The van der Waals surface area contributed by atoms with Gasteiger partial charge in [0.05, 0.1) is 0 Å². The van der Waals surface area contributed by atoms with Gasteiger partial charge in [-0.05, 0) is 44.7 Å². The Hall–Kier alpha value is -0.400. The quantitative estimate of drug-likeness (QED) is 0.711. The van der Waals surface area contributed by atoms with Gasteiger partial charge in [0.15, 0.2) is 0 Å². The Morgan fingerprint density at radius 2 is 2.26 bits per heavy atom. The predicted molar refractivity (Wildman–Crippen MR) is 101 cm³/mol. The molecule has 1 aliphatic rings. The highest BCUT2D eigenvalue weighted by Crippen LogP contribution is 2.15. The summed E-state index contributed by atoms with van der Waals surface area (Å²) in [5.74, 6) is 0.748. The molecule has 1 amide bonds. The van der Waals surface area contributed by atoms with Crippen LogP contribution in [0.1, 0.15) is 48.1 Å². The van der Waals surface area contributed by atoms with Crippen LogP contribution in [0, 0.1) is 5.92 Å². The van der Waals surface area contributed by atoms with Crippen LogP contribution >= 0.6 is 36.2 Å². The Kier molecular flexibility index (Phi) is 11.8. The summed E-state index contributed by atoms with van der Waals surface area (Å²) >= 11 is 1.44. The number of halogens is 2.